The first-order valence-electron chi connectivity index (χ1n) is 4.47. The Kier molecular flexibility index (Phi) is 4.33. The second-order valence-electron chi connectivity index (χ2n) is 3.16. The molecular formula is C8H10LiN3O3. The first-order valence-corrected chi connectivity index (χ1v) is 4.47. The molecule has 1 fully saturated rings. The third-order valence-electron chi connectivity index (χ3n) is 2.29. The van der Waals surface area contributed by atoms with Crippen LogP contribution in [0.25, 0.3) is 0 Å². The Morgan fingerprint density at radius 2 is 2.20 bits per heavy atom. The number of carboxylic acid groups (broad SMARTS) is 1. The number of nitrogens with zero attached hydrogens (tertiary/aromatic N) is 3. The molecule has 0 radical (unpaired) electrons. The molecule has 1 aromatic rings. The monoisotopic (exact) mass is 203 g/mol. The van der Waals surface area contributed by atoms with Crippen molar-refractivity contribution in [3.8, 4) is 0 Å². The summed E-state index contributed by atoms with van der Waals surface area (Å²) >= 11 is 0. The fraction of sp³-hybridized carbons (Fsp3) is 0.625. The predicted molar refractivity (Wildman–Crippen MR) is 43.4 cm³/mol. The zero-order chi connectivity index (χ0) is 9.97. The molecule has 76 valence electrons. The molecule has 1 saturated heterocycles. The Morgan fingerprint density at radius 1 is 1.53 bits per heavy atom. The summed E-state index contributed by atoms with van der Waals surface area (Å²) in [6.07, 6.45) is 2.77. The third-order valence-corrected chi connectivity index (χ3v) is 2.29. The first-order chi connectivity index (χ1) is 6.79. The number of aromatic carboxylic acids is 1. The molecule has 2 heterocycles. The first kappa shape index (κ1) is 12.2. The fourth-order valence-electron chi connectivity index (χ4n) is 1.59. The van der Waals surface area contributed by atoms with Crippen molar-refractivity contribution in [3.63, 3.8) is 0 Å². The molecule has 0 N–H and O–H groups in total. The fourth-order valence-corrected chi connectivity index (χ4v) is 1.59. The van der Waals surface area contributed by atoms with E-state index in [4.69, 9.17) is 4.74 Å². The van der Waals surface area contributed by atoms with E-state index in [-0.39, 0.29) is 30.7 Å². The molecule has 0 unspecified atom stereocenters. The Labute approximate surface area is 98.8 Å². The van der Waals surface area contributed by atoms with Crippen LogP contribution in [0.5, 0.6) is 0 Å². The quantitative estimate of drug-likeness (QED) is 0.457. The molecule has 2 rings (SSSR count). The van der Waals surface area contributed by atoms with E-state index in [0.29, 0.717) is 13.2 Å². The summed E-state index contributed by atoms with van der Waals surface area (Å²) in [6, 6.07) is 0.0687. The summed E-state index contributed by atoms with van der Waals surface area (Å²) in [7, 11) is 0. The van der Waals surface area contributed by atoms with Crippen LogP contribution in [0, 0.1) is 0 Å². The minimum absolute atomic E-state index is 0. The van der Waals surface area contributed by atoms with Crippen molar-refractivity contribution in [2.75, 3.05) is 13.2 Å². The van der Waals surface area contributed by atoms with Gasteiger partial charge in [-0.1, -0.05) is 0 Å². The summed E-state index contributed by atoms with van der Waals surface area (Å²) in [6.45, 7) is 1.27. The van der Waals surface area contributed by atoms with E-state index in [2.05, 4.69) is 10.1 Å². The summed E-state index contributed by atoms with van der Waals surface area (Å²) in [5.74, 6) is -1.38. The SMILES string of the molecule is O=C([O-])c1ncnn1C1CCOCC1.[Li+]. The maximum Gasteiger partial charge on any atom is 1.00 e. The molecule has 7 heteroatoms. The van der Waals surface area contributed by atoms with Gasteiger partial charge in [-0.25, -0.2) is 9.67 Å². The van der Waals surface area contributed by atoms with Crippen molar-refractivity contribution in [2.24, 2.45) is 0 Å². The molecule has 1 aliphatic heterocycles. The summed E-state index contributed by atoms with van der Waals surface area (Å²) in [4.78, 5) is 14.3. The summed E-state index contributed by atoms with van der Waals surface area (Å²) in [5.41, 5.74) is 0. The average Bonchev–Trinajstić information content (AvgIpc) is 2.67. The number of rotatable bonds is 2. The van der Waals surface area contributed by atoms with Crippen LogP contribution in [0.4, 0.5) is 0 Å². The molecule has 15 heavy (non-hydrogen) atoms. The minimum Gasteiger partial charge on any atom is -0.542 e. The second kappa shape index (κ2) is 5.31. The van der Waals surface area contributed by atoms with Crippen molar-refractivity contribution in [1.82, 2.24) is 14.8 Å². The van der Waals surface area contributed by atoms with E-state index in [9.17, 15) is 9.90 Å². The van der Waals surface area contributed by atoms with Gasteiger partial charge in [0.2, 0.25) is 0 Å². The molecule has 0 spiro atoms. The van der Waals surface area contributed by atoms with Gasteiger partial charge in [0.25, 0.3) is 0 Å². The molecule has 1 aromatic heterocycles. The number of hydrogen-bond acceptors (Lipinski definition) is 5. The smallest absolute Gasteiger partial charge is 0.542 e. The molecule has 1 aliphatic rings. The standard InChI is InChI=1S/C8H11N3O3.Li/c12-8(13)7-9-5-10-11(7)6-1-3-14-4-2-6;/h5-6H,1-4H2,(H,12,13);/q;+1/p-1. The molecule has 0 atom stereocenters. The van der Waals surface area contributed by atoms with Crippen LogP contribution in [-0.4, -0.2) is 33.9 Å². The maximum absolute atomic E-state index is 10.7. The van der Waals surface area contributed by atoms with Crippen molar-refractivity contribution < 1.29 is 33.5 Å². The van der Waals surface area contributed by atoms with Gasteiger partial charge in [0.1, 0.15) is 12.3 Å². The third kappa shape index (κ3) is 2.59. The van der Waals surface area contributed by atoms with E-state index in [1.165, 1.54) is 11.0 Å². The van der Waals surface area contributed by atoms with E-state index in [1.807, 2.05) is 0 Å². The van der Waals surface area contributed by atoms with Crippen molar-refractivity contribution in [3.05, 3.63) is 12.2 Å². The zero-order valence-electron chi connectivity index (χ0n) is 8.55. The predicted octanol–water partition coefficient (Wildman–Crippen LogP) is -4.00. The van der Waals surface area contributed by atoms with Gasteiger partial charge in [-0.2, -0.15) is 5.10 Å². The number of aromatic nitrogens is 3. The van der Waals surface area contributed by atoms with Gasteiger partial charge < -0.3 is 14.6 Å². The van der Waals surface area contributed by atoms with E-state index in [0.717, 1.165) is 12.8 Å². The van der Waals surface area contributed by atoms with Gasteiger partial charge in [0.05, 0.1) is 6.04 Å². The van der Waals surface area contributed by atoms with Crippen LogP contribution in [0.15, 0.2) is 6.33 Å². The minimum atomic E-state index is -1.28. The van der Waals surface area contributed by atoms with Gasteiger partial charge in [-0.15, -0.1) is 0 Å². The number of hydrogen-bond donors (Lipinski definition) is 0. The van der Waals surface area contributed by atoms with E-state index >= 15 is 0 Å². The number of ether oxygens (including phenoxy) is 1. The van der Waals surface area contributed by atoms with Crippen LogP contribution in [0.3, 0.4) is 0 Å². The molecule has 0 aliphatic carbocycles. The Hall–Kier alpha value is -0.833. The van der Waals surface area contributed by atoms with Crippen LogP contribution < -0.4 is 24.0 Å². The summed E-state index contributed by atoms with van der Waals surface area (Å²) < 4.78 is 6.59. The molecule has 6 nitrogen and oxygen atoms in total. The topological polar surface area (TPSA) is 80.1 Å². The molecule has 0 saturated carbocycles. The zero-order valence-corrected chi connectivity index (χ0v) is 8.55. The average molecular weight is 203 g/mol. The van der Waals surface area contributed by atoms with Crippen molar-refractivity contribution in [2.45, 2.75) is 18.9 Å². The van der Waals surface area contributed by atoms with Crippen LogP contribution in [0.1, 0.15) is 29.5 Å². The van der Waals surface area contributed by atoms with Gasteiger partial charge in [0, 0.05) is 13.2 Å². The van der Waals surface area contributed by atoms with Gasteiger partial charge in [-0.3, -0.25) is 0 Å². The van der Waals surface area contributed by atoms with Gasteiger partial charge in [0.15, 0.2) is 5.82 Å². The normalized spacial score (nSPS) is 17.1. The molecule has 0 bridgehead atoms. The largest absolute Gasteiger partial charge is 1.00 e. The van der Waals surface area contributed by atoms with E-state index in [1.54, 1.807) is 0 Å². The number of carbonyl (C=O) groups excluding carboxylic acids is 1. The van der Waals surface area contributed by atoms with Gasteiger partial charge >= 0.3 is 18.9 Å². The maximum atomic E-state index is 10.7. The number of carbonyl (C=O) groups is 1. The van der Waals surface area contributed by atoms with E-state index < -0.39 is 5.97 Å². The Morgan fingerprint density at radius 3 is 2.80 bits per heavy atom. The Balaban J connectivity index is 0.00000112. The van der Waals surface area contributed by atoms with Crippen molar-refractivity contribution in [1.29, 1.82) is 0 Å². The van der Waals surface area contributed by atoms with Crippen LogP contribution in [-0.2, 0) is 4.74 Å². The molecular weight excluding hydrogens is 193 g/mol. The van der Waals surface area contributed by atoms with Crippen LogP contribution >= 0.6 is 0 Å². The number of carboxylic acids is 1. The molecule has 0 aromatic carbocycles. The second-order valence-corrected chi connectivity index (χ2v) is 3.16. The summed E-state index contributed by atoms with van der Waals surface area (Å²) in [5, 5.41) is 14.6. The molecule has 0 amide bonds. The van der Waals surface area contributed by atoms with Crippen molar-refractivity contribution >= 4 is 5.97 Å². The van der Waals surface area contributed by atoms with Gasteiger partial charge in [-0.05, 0) is 12.8 Å². The van der Waals surface area contributed by atoms with Crippen LogP contribution in [0.2, 0.25) is 0 Å². The Bertz CT molecular complexity index is 336.